The molecule has 1 saturated heterocycles. The minimum atomic E-state index is -1.10. The fraction of sp³-hybridized carbons (Fsp3) is 0.923. The van der Waals surface area contributed by atoms with Gasteiger partial charge in [0, 0.05) is 13.1 Å². The molecule has 1 saturated carbocycles. The van der Waals surface area contributed by atoms with Crippen LogP contribution in [0.3, 0.4) is 0 Å². The first-order valence-corrected chi connectivity index (χ1v) is 6.97. The van der Waals surface area contributed by atoms with Crippen molar-refractivity contribution in [3.05, 3.63) is 0 Å². The third-order valence-electron chi connectivity index (χ3n) is 4.14. The zero-order valence-electron chi connectivity index (χ0n) is 10.9. The van der Waals surface area contributed by atoms with Gasteiger partial charge in [-0.3, -0.25) is 4.79 Å². The van der Waals surface area contributed by atoms with Crippen molar-refractivity contribution in [3.63, 3.8) is 0 Å². The lowest BCUT2D eigenvalue weighted by Gasteiger charge is -2.33. The summed E-state index contributed by atoms with van der Waals surface area (Å²) >= 11 is 0. The van der Waals surface area contributed by atoms with Crippen molar-refractivity contribution in [2.24, 2.45) is 5.73 Å². The summed E-state index contributed by atoms with van der Waals surface area (Å²) in [5.41, 5.74) is 5.11. The van der Waals surface area contributed by atoms with Crippen molar-refractivity contribution >= 4 is 5.91 Å². The molecule has 18 heavy (non-hydrogen) atoms. The van der Waals surface area contributed by atoms with Gasteiger partial charge in [0.25, 0.3) is 0 Å². The first-order valence-electron chi connectivity index (χ1n) is 6.97. The van der Waals surface area contributed by atoms with Crippen LogP contribution in [0.25, 0.3) is 0 Å². The Kier molecular flexibility index (Phi) is 4.59. The van der Waals surface area contributed by atoms with E-state index < -0.39 is 12.0 Å². The molecule has 0 aromatic heterocycles. The van der Waals surface area contributed by atoms with Crippen LogP contribution in [-0.2, 0) is 9.53 Å². The molecule has 1 aliphatic heterocycles. The quantitative estimate of drug-likeness (QED) is 0.660. The molecular formula is C13H24N2O3. The van der Waals surface area contributed by atoms with E-state index in [-0.39, 0.29) is 18.2 Å². The van der Waals surface area contributed by atoms with Crippen LogP contribution in [0.4, 0.5) is 0 Å². The standard InChI is InChI=1S/C13H24N2O3/c14-12(17)11(16)9-15-8-10-4-7-13(18-10)5-2-1-3-6-13/h10-11,15-16H,1-9H2,(H2,14,17). The number of aliphatic hydroxyl groups is 1. The number of nitrogens with one attached hydrogen (secondary N) is 1. The second kappa shape index (κ2) is 5.99. The number of hydrogen-bond donors (Lipinski definition) is 3. The van der Waals surface area contributed by atoms with Gasteiger partial charge in [0.15, 0.2) is 0 Å². The van der Waals surface area contributed by atoms with Gasteiger partial charge in [0.1, 0.15) is 6.10 Å². The summed E-state index contributed by atoms with van der Waals surface area (Å²) in [6.07, 6.45) is 7.59. The van der Waals surface area contributed by atoms with Gasteiger partial charge in [-0.2, -0.15) is 0 Å². The number of hydrogen-bond acceptors (Lipinski definition) is 4. The summed E-state index contributed by atoms with van der Waals surface area (Å²) < 4.78 is 6.17. The van der Waals surface area contributed by atoms with Crippen LogP contribution in [0, 0.1) is 0 Å². The molecule has 4 N–H and O–H groups in total. The van der Waals surface area contributed by atoms with E-state index in [9.17, 15) is 9.90 Å². The predicted octanol–water partition coefficient (Wildman–Crippen LogP) is 0.304. The van der Waals surface area contributed by atoms with Crippen LogP contribution < -0.4 is 11.1 Å². The highest BCUT2D eigenvalue weighted by molar-refractivity contribution is 5.78. The second-order valence-corrected chi connectivity index (χ2v) is 5.60. The normalized spacial score (nSPS) is 28.4. The number of aliphatic hydroxyl groups excluding tert-OH is 1. The molecule has 2 unspecified atom stereocenters. The topological polar surface area (TPSA) is 84.6 Å². The molecule has 2 aliphatic rings. The van der Waals surface area contributed by atoms with E-state index >= 15 is 0 Å². The molecular weight excluding hydrogens is 232 g/mol. The number of carbonyl (C=O) groups is 1. The average Bonchev–Trinajstić information content (AvgIpc) is 2.73. The third kappa shape index (κ3) is 3.43. The van der Waals surface area contributed by atoms with Crippen LogP contribution in [0.2, 0.25) is 0 Å². The van der Waals surface area contributed by atoms with Crippen molar-refractivity contribution < 1.29 is 14.6 Å². The molecule has 5 nitrogen and oxygen atoms in total. The lowest BCUT2D eigenvalue weighted by Crippen LogP contribution is -2.41. The van der Waals surface area contributed by atoms with Crippen LogP contribution in [0.1, 0.15) is 44.9 Å². The van der Waals surface area contributed by atoms with Crippen LogP contribution in [-0.4, -0.2) is 41.9 Å². The highest BCUT2D eigenvalue weighted by atomic mass is 16.5. The molecule has 2 atom stereocenters. The van der Waals surface area contributed by atoms with Gasteiger partial charge in [0.2, 0.25) is 5.91 Å². The zero-order valence-corrected chi connectivity index (χ0v) is 10.9. The Morgan fingerprint density at radius 2 is 2.11 bits per heavy atom. The SMILES string of the molecule is NC(=O)C(O)CNCC1CCC2(CCCCC2)O1. The van der Waals surface area contributed by atoms with Gasteiger partial charge >= 0.3 is 0 Å². The Bertz CT molecular complexity index is 290. The van der Waals surface area contributed by atoms with E-state index in [1.807, 2.05) is 0 Å². The number of amides is 1. The largest absolute Gasteiger partial charge is 0.382 e. The Morgan fingerprint density at radius 3 is 2.78 bits per heavy atom. The van der Waals surface area contributed by atoms with E-state index in [0.29, 0.717) is 6.54 Å². The number of primary amides is 1. The third-order valence-corrected chi connectivity index (χ3v) is 4.14. The maximum absolute atomic E-state index is 10.7. The minimum Gasteiger partial charge on any atom is -0.382 e. The summed E-state index contributed by atoms with van der Waals surface area (Å²) in [4.78, 5) is 10.7. The molecule has 104 valence electrons. The van der Waals surface area contributed by atoms with E-state index in [4.69, 9.17) is 10.5 Å². The molecule has 1 spiro atoms. The molecule has 0 aromatic carbocycles. The summed E-state index contributed by atoms with van der Waals surface area (Å²) in [6.45, 7) is 0.897. The van der Waals surface area contributed by atoms with E-state index in [0.717, 1.165) is 12.8 Å². The fourth-order valence-corrected chi connectivity index (χ4v) is 3.08. The monoisotopic (exact) mass is 256 g/mol. The Hall–Kier alpha value is -0.650. The second-order valence-electron chi connectivity index (χ2n) is 5.60. The number of carbonyl (C=O) groups excluding carboxylic acids is 1. The van der Waals surface area contributed by atoms with E-state index in [1.54, 1.807) is 0 Å². The van der Waals surface area contributed by atoms with Crippen molar-refractivity contribution in [1.82, 2.24) is 5.32 Å². The summed E-state index contributed by atoms with van der Waals surface area (Å²) in [5, 5.41) is 12.3. The molecule has 0 bridgehead atoms. The predicted molar refractivity (Wildman–Crippen MR) is 68.0 cm³/mol. The highest BCUT2D eigenvalue weighted by Gasteiger charge is 2.40. The van der Waals surface area contributed by atoms with Crippen molar-refractivity contribution in [3.8, 4) is 0 Å². The van der Waals surface area contributed by atoms with Crippen molar-refractivity contribution in [2.75, 3.05) is 13.1 Å². The molecule has 1 amide bonds. The Morgan fingerprint density at radius 1 is 1.39 bits per heavy atom. The summed E-state index contributed by atoms with van der Waals surface area (Å²) in [5.74, 6) is -0.682. The number of rotatable bonds is 5. The molecule has 0 aromatic rings. The van der Waals surface area contributed by atoms with Crippen molar-refractivity contribution in [2.45, 2.75) is 62.8 Å². The Labute approximate surface area is 108 Å². The van der Waals surface area contributed by atoms with Gasteiger partial charge in [-0.05, 0) is 25.7 Å². The van der Waals surface area contributed by atoms with Crippen LogP contribution >= 0.6 is 0 Å². The molecule has 2 rings (SSSR count). The van der Waals surface area contributed by atoms with Crippen LogP contribution in [0.5, 0.6) is 0 Å². The number of nitrogens with two attached hydrogens (primary N) is 1. The van der Waals surface area contributed by atoms with Gasteiger partial charge in [-0.1, -0.05) is 19.3 Å². The van der Waals surface area contributed by atoms with E-state index in [1.165, 1.54) is 32.1 Å². The van der Waals surface area contributed by atoms with Gasteiger partial charge < -0.3 is 20.9 Å². The number of ether oxygens (including phenoxy) is 1. The molecule has 0 radical (unpaired) electrons. The molecule has 1 aliphatic carbocycles. The maximum atomic E-state index is 10.7. The minimum absolute atomic E-state index is 0.132. The smallest absolute Gasteiger partial charge is 0.247 e. The maximum Gasteiger partial charge on any atom is 0.247 e. The molecule has 1 heterocycles. The van der Waals surface area contributed by atoms with E-state index in [2.05, 4.69) is 5.32 Å². The lowest BCUT2D eigenvalue weighted by atomic mass is 9.83. The zero-order chi connectivity index (χ0) is 13.0. The first kappa shape index (κ1) is 13.8. The summed E-state index contributed by atoms with van der Waals surface area (Å²) in [7, 11) is 0. The molecule has 5 heteroatoms. The summed E-state index contributed by atoms with van der Waals surface area (Å²) in [6, 6.07) is 0. The molecule has 2 fully saturated rings. The van der Waals surface area contributed by atoms with Crippen LogP contribution in [0.15, 0.2) is 0 Å². The van der Waals surface area contributed by atoms with Crippen molar-refractivity contribution in [1.29, 1.82) is 0 Å². The van der Waals surface area contributed by atoms with Gasteiger partial charge in [0.05, 0.1) is 11.7 Å². The first-order chi connectivity index (χ1) is 8.61. The average molecular weight is 256 g/mol. The highest BCUT2D eigenvalue weighted by Crippen LogP contribution is 2.41. The fourth-order valence-electron chi connectivity index (χ4n) is 3.08. The van der Waals surface area contributed by atoms with Gasteiger partial charge in [-0.15, -0.1) is 0 Å². The Balaban J connectivity index is 1.68. The lowest BCUT2D eigenvalue weighted by molar-refractivity contribution is -0.125. The van der Waals surface area contributed by atoms with Gasteiger partial charge in [-0.25, -0.2) is 0 Å².